The summed E-state index contributed by atoms with van der Waals surface area (Å²) in [6.07, 6.45) is 3.25. The lowest BCUT2D eigenvalue weighted by Gasteiger charge is -2.03. The summed E-state index contributed by atoms with van der Waals surface area (Å²) in [5, 5.41) is 7.42. The van der Waals surface area contributed by atoms with Crippen LogP contribution in [-0.4, -0.2) is 29.2 Å². The molecule has 0 aliphatic rings. The van der Waals surface area contributed by atoms with Crippen molar-refractivity contribution in [2.24, 2.45) is 0 Å². The second kappa shape index (κ2) is 8.10. The molecule has 4 aromatic rings. The molecule has 0 radical (unpaired) electrons. The summed E-state index contributed by atoms with van der Waals surface area (Å²) in [7, 11) is 0. The maximum Gasteiger partial charge on any atom is 0.274 e. The standard InChI is InChI=1S/C21H15N3O4/c25-21(18-14-20(28-24-18)19-6-4-12-27-19)23-9-1-2-11-26-16-8-7-15-5-3-10-22-17(15)13-16/h3-8,10,12-14H,9,11H2,(H,23,25). The van der Waals surface area contributed by atoms with E-state index >= 15 is 0 Å². The van der Waals surface area contributed by atoms with Crippen LogP contribution in [0.2, 0.25) is 0 Å². The molecule has 0 unspecified atom stereocenters. The molecule has 0 aliphatic carbocycles. The number of aromatic nitrogens is 2. The molecule has 28 heavy (non-hydrogen) atoms. The van der Waals surface area contributed by atoms with E-state index in [4.69, 9.17) is 13.7 Å². The summed E-state index contributed by atoms with van der Waals surface area (Å²) in [5.41, 5.74) is 1.02. The predicted molar refractivity (Wildman–Crippen MR) is 102 cm³/mol. The first-order chi connectivity index (χ1) is 13.8. The first-order valence-corrected chi connectivity index (χ1v) is 8.52. The fraction of sp³-hybridized carbons (Fsp3) is 0.0952. The molecular formula is C21H15N3O4. The van der Waals surface area contributed by atoms with Gasteiger partial charge in [-0.2, -0.15) is 0 Å². The lowest BCUT2D eigenvalue weighted by atomic mass is 10.2. The van der Waals surface area contributed by atoms with E-state index in [1.165, 1.54) is 12.3 Å². The quantitative estimate of drug-likeness (QED) is 0.540. The van der Waals surface area contributed by atoms with Crippen LogP contribution >= 0.6 is 0 Å². The van der Waals surface area contributed by atoms with Crippen LogP contribution in [0.1, 0.15) is 10.5 Å². The topological polar surface area (TPSA) is 90.4 Å². The predicted octanol–water partition coefficient (Wildman–Crippen LogP) is 3.30. The summed E-state index contributed by atoms with van der Waals surface area (Å²) in [5.74, 6) is 6.89. The van der Waals surface area contributed by atoms with E-state index in [1.807, 2.05) is 30.3 Å². The number of hydrogen-bond donors (Lipinski definition) is 1. The number of rotatable bonds is 5. The third-order valence-electron chi connectivity index (χ3n) is 3.86. The molecule has 0 spiro atoms. The molecule has 0 atom stereocenters. The van der Waals surface area contributed by atoms with E-state index in [0.717, 1.165) is 10.9 Å². The van der Waals surface area contributed by atoms with Gasteiger partial charge in [-0.3, -0.25) is 9.78 Å². The van der Waals surface area contributed by atoms with Crippen LogP contribution < -0.4 is 10.1 Å². The molecule has 4 rings (SSSR count). The van der Waals surface area contributed by atoms with Gasteiger partial charge in [0.15, 0.2) is 11.5 Å². The summed E-state index contributed by atoms with van der Waals surface area (Å²) in [6.45, 7) is 0.380. The van der Waals surface area contributed by atoms with Gasteiger partial charge in [0.1, 0.15) is 12.4 Å². The van der Waals surface area contributed by atoms with Crippen molar-refractivity contribution in [3.8, 4) is 29.1 Å². The number of furan rings is 1. The first-order valence-electron chi connectivity index (χ1n) is 8.52. The van der Waals surface area contributed by atoms with Crippen molar-refractivity contribution in [1.82, 2.24) is 15.5 Å². The van der Waals surface area contributed by atoms with Gasteiger partial charge in [-0.05, 0) is 30.3 Å². The Labute approximate surface area is 160 Å². The van der Waals surface area contributed by atoms with E-state index in [9.17, 15) is 4.79 Å². The molecule has 138 valence electrons. The number of carbonyl (C=O) groups is 1. The molecule has 0 aliphatic heterocycles. The van der Waals surface area contributed by atoms with Gasteiger partial charge in [-0.1, -0.05) is 23.1 Å². The Morgan fingerprint density at radius 1 is 1.11 bits per heavy atom. The third kappa shape index (κ3) is 4.02. The number of amides is 1. The molecule has 0 saturated carbocycles. The van der Waals surface area contributed by atoms with Gasteiger partial charge in [0.2, 0.25) is 5.76 Å². The lowest BCUT2D eigenvalue weighted by Crippen LogP contribution is -2.23. The van der Waals surface area contributed by atoms with E-state index in [2.05, 4.69) is 27.3 Å². The number of fused-ring (bicyclic) bond motifs is 1. The highest BCUT2D eigenvalue weighted by Crippen LogP contribution is 2.20. The molecule has 7 nitrogen and oxygen atoms in total. The second-order valence-electron chi connectivity index (χ2n) is 5.74. The number of pyridine rings is 1. The zero-order valence-corrected chi connectivity index (χ0v) is 14.7. The minimum Gasteiger partial charge on any atom is -0.481 e. The average Bonchev–Trinajstić information content (AvgIpc) is 3.42. The van der Waals surface area contributed by atoms with Crippen LogP contribution in [0.3, 0.4) is 0 Å². The smallest absolute Gasteiger partial charge is 0.274 e. The SMILES string of the molecule is O=C(NCC#CCOc1ccc2cccnc2c1)c1cc(-c2ccco2)on1. The molecule has 1 amide bonds. The van der Waals surface area contributed by atoms with Gasteiger partial charge >= 0.3 is 0 Å². The van der Waals surface area contributed by atoms with Crippen molar-refractivity contribution in [2.45, 2.75) is 0 Å². The molecular weight excluding hydrogens is 358 g/mol. The Balaban J connectivity index is 1.25. The monoisotopic (exact) mass is 373 g/mol. The Morgan fingerprint density at radius 3 is 2.96 bits per heavy atom. The minimum atomic E-state index is -0.377. The minimum absolute atomic E-state index is 0.160. The van der Waals surface area contributed by atoms with Gasteiger partial charge in [-0.15, -0.1) is 0 Å². The van der Waals surface area contributed by atoms with Crippen LogP contribution in [0.4, 0.5) is 0 Å². The van der Waals surface area contributed by atoms with Crippen LogP contribution in [-0.2, 0) is 0 Å². The number of nitrogens with zero attached hydrogens (tertiary/aromatic N) is 2. The fourth-order valence-electron chi connectivity index (χ4n) is 2.50. The first kappa shape index (κ1) is 17.4. The van der Waals surface area contributed by atoms with E-state index < -0.39 is 0 Å². The number of ether oxygens (including phenoxy) is 1. The highest BCUT2D eigenvalue weighted by atomic mass is 16.5. The largest absolute Gasteiger partial charge is 0.481 e. The van der Waals surface area contributed by atoms with Crippen LogP contribution in [0.25, 0.3) is 22.4 Å². The molecule has 7 heteroatoms. The van der Waals surface area contributed by atoms with Crippen molar-refractivity contribution >= 4 is 16.8 Å². The van der Waals surface area contributed by atoms with Crippen LogP contribution in [0.5, 0.6) is 5.75 Å². The third-order valence-corrected chi connectivity index (χ3v) is 3.86. The highest BCUT2D eigenvalue weighted by Gasteiger charge is 2.14. The van der Waals surface area contributed by atoms with Gasteiger partial charge < -0.3 is 19.0 Å². The van der Waals surface area contributed by atoms with Crippen molar-refractivity contribution in [2.75, 3.05) is 13.2 Å². The van der Waals surface area contributed by atoms with Gasteiger partial charge in [0.25, 0.3) is 5.91 Å². The average molecular weight is 373 g/mol. The maximum atomic E-state index is 12.0. The summed E-state index contributed by atoms with van der Waals surface area (Å²) in [4.78, 5) is 16.3. The van der Waals surface area contributed by atoms with Gasteiger partial charge in [-0.25, -0.2) is 0 Å². The maximum absolute atomic E-state index is 12.0. The summed E-state index contributed by atoms with van der Waals surface area (Å²) < 4.78 is 15.9. The molecule has 3 heterocycles. The van der Waals surface area contributed by atoms with E-state index in [-0.39, 0.29) is 24.8 Å². The number of benzene rings is 1. The van der Waals surface area contributed by atoms with Gasteiger partial charge in [0.05, 0.1) is 18.3 Å². The molecule has 1 aromatic carbocycles. The van der Waals surface area contributed by atoms with E-state index in [0.29, 0.717) is 17.3 Å². The summed E-state index contributed by atoms with van der Waals surface area (Å²) in [6, 6.07) is 14.5. The Morgan fingerprint density at radius 2 is 2.07 bits per heavy atom. The molecule has 1 N–H and O–H groups in total. The molecule has 0 fully saturated rings. The summed E-state index contributed by atoms with van der Waals surface area (Å²) >= 11 is 0. The van der Waals surface area contributed by atoms with Crippen LogP contribution in [0.15, 0.2) is 69.9 Å². The molecule has 0 bridgehead atoms. The van der Waals surface area contributed by atoms with Crippen molar-refractivity contribution in [1.29, 1.82) is 0 Å². The van der Waals surface area contributed by atoms with Crippen molar-refractivity contribution in [3.63, 3.8) is 0 Å². The zero-order chi connectivity index (χ0) is 19.2. The second-order valence-corrected chi connectivity index (χ2v) is 5.74. The highest BCUT2D eigenvalue weighted by molar-refractivity contribution is 5.93. The Hall–Kier alpha value is -4.05. The van der Waals surface area contributed by atoms with E-state index in [1.54, 1.807) is 18.3 Å². The lowest BCUT2D eigenvalue weighted by molar-refractivity contribution is 0.0949. The number of hydrogen-bond acceptors (Lipinski definition) is 6. The Kier molecular flexibility index (Phi) is 5.02. The molecule has 3 aromatic heterocycles. The molecule has 0 saturated heterocycles. The number of carbonyl (C=O) groups excluding carboxylic acids is 1. The van der Waals surface area contributed by atoms with Gasteiger partial charge in [0, 0.05) is 23.7 Å². The zero-order valence-electron chi connectivity index (χ0n) is 14.7. The fourth-order valence-corrected chi connectivity index (χ4v) is 2.50. The van der Waals surface area contributed by atoms with Crippen molar-refractivity contribution < 1.29 is 18.5 Å². The normalized spacial score (nSPS) is 10.3. The Bertz CT molecular complexity index is 1150. The number of nitrogens with one attached hydrogen (secondary N) is 1. The van der Waals surface area contributed by atoms with Crippen molar-refractivity contribution in [3.05, 3.63) is 66.7 Å². The van der Waals surface area contributed by atoms with Crippen LogP contribution in [0, 0.1) is 11.8 Å².